The Bertz CT molecular complexity index is 809. The molecule has 1 heterocycles. The molecule has 1 aliphatic heterocycles. The number of nitrogens with zero attached hydrogens (tertiary/aromatic N) is 1. The topological polar surface area (TPSA) is 59.0 Å². The Balaban J connectivity index is 1.80. The van der Waals surface area contributed by atoms with Crippen molar-refractivity contribution in [2.24, 2.45) is 0 Å². The van der Waals surface area contributed by atoms with Crippen molar-refractivity contribution >= 4 is 17.5 Å². The first-order valence-electron chi connectivity index (χ1n) is 9.18. The Hall–Kier alpha value is -2.24. The molecule has 0 spiro atoms. The number of halogens is 1. The number of hydrogen-bond acceptors (Lipinski definition) is 4. The van der Waals surface area contributed by atoms with Crippen molar-refractivity contribution in [1.29, 1.82) is 0 Å². The number of hydrogen-bond donors (Lipinski definition) is 1. The number of ether oxygens (including phenoxy) is 2. The maximum absolute atomic E-state index is 12.5. The van der Waals surface area contributed by atoms with Crippen molar-refractivity contribution in [3.05, 3.63) is 47.0 Å². The third-order valence-corrected chi connectivity index (χ3v) is 4.73. The SMILES string of the molecule is CCCCOCC(=O)N1CCOc2c(O)cc(-c3cccc(Cl)c3)cc2C1. The minimum absolute atomic E-state index is 0.0648. The summed E-state index contributed by atoms with van der Waals surface area (Å²) in [5.41, 5.74) is 2.49. The molecule has 0 aromatic heterocycles. The number of fused-ring (bicyclic) bond motifs is 1. The second-order valence-electron chi connectivity index (χ2n) is 6.56. The average Bonchev–Trinajstić information content (AvgIpc) is 2.88. The van der Waals surface area contributed by atoms with E-state index in [2.05, 4.69) is 6.92 Å². The molecule has 1 amide bonds. The van der Waals surface area contributed by atoms with Crippen LogP contribution in [-0.4, -0.2) is 42.3 Å². The minimum atomic E-state index is -0.0739. The Morgan fingerprint density at radius 3 is 2.93 bits per heavy atom. The highest BCUT2D eigenvalue weighted by molar-refractivity contribution is 6.30. The standard InChI is InChI=1S/C21H24ClNO4/c1-2-3-8-26-14-20(25)23-7-9-27-21-17(13-23)10-16(12-19(21)24)15-5-4-6-18(22)11-15/h4-6,10-12,24H,2-3,7-9,13-14H2,1H3. The van der Waals surface area contributed by atoms with Crippen LogP contribution in [0.1, 0.15) is 25.3 Å². The van der Waals surface area contributed by atoms with E-state index in [1.807, 2.05) is 24.3 Å². The van der Waals surface area contributed by atoms with Gasteiger partial charge in [0.15, 0.2) is 11.5 Å². The fourth-order valence-corrected chi connectivity index (χ4v) is 3.23. The molecule has 6 heteroatoms. The number of phenolic OH excluding ortho intramolecular Hbond substituents is 1. The van der Waals surface area contributed by atoms with E-state index in [0.717, 1.165) is 29.5 Å². The van der Waals surface area contributed by atoms with Gasteiger partial charge in [-0.3, -0.25) is 4.79 Å². The van der Waals surface area contributed by atoms with Gasteiger partial charge in [-0.2, -0.15) is 0 Å². The van der Waals surface area contributed by atoms with E-state index in [1.54, 1.807) is 17.0 Å². The second kappa shape index (κ2) is 9.11. The zero-order valence-electron chi connectivity index (χ0n) is 15.4. The third kappa shape index (κ3) is 4.93. The first-order chi connectivity index (χ1) is 13.1. The van der Waals surface area contributed by atoms with E-state index >= 15 is 0 Å². The van der Waals surface area contributed by atoms with E-state index in [4.69, 9.17) is 21.1 Å². The van der Waals surface area contributed by atoms with Gasteiger partial charge < -0.3 is 19.5 Å². The lowest BCUT2D eigenvalue weighted by atomic mass is 10.0. The third-order valence-electron chi connectivity index (χ3n) is 4.49. The number of carbonyl (C=O) groups excluding carboxylic acids is 1. The zero-order valence-corrected chi connectivity index (χ0v) is 16.2. The zero-order chi connectivity index (χ0) is 19.2. The number of benzene rings is 2. The van der Waals surface area contributed by atoms with Gasteiger partial charge in [-0.15, -0.1) is 0 Å². The summed E-state index contributed by atoms with van der Waals surface area (Å²) in [7, 11) is 0. The molecule has 144 valence electrons. The Kier molecular flexibility index (Phi) is 6.58. The number of carbonyl (C=O) groups is 1. The van der Waals surface area contributed by atoms with Crippen LogP contribution < -0.4 is 4.74 Å². The second-order valence-corrected chi connectivity index (χ2v) is 7.00. The molecular weight excluding hydrogens is 366 g/mol. The fraction of sp³-hybridized carbons (Fsp3) is 0.381. The van der Waals surface area contributed by atoms with Crippen LogP contribution in [0.25, 0.3) is 11.1 Å². The molecule has 0 radical (unpaired) electrons. The lowest BCUT2D eigenvalue weighted by Gasteiger charge is -2.20. The molecule has 2 aromatic carbocycles. The van der Waals surface area contributed by atoms with E-state index in [9.17, 15) is 9.90 Å². The molecule has 0 fully saturated rings. The average molecular weight is 390 g/mol. The van der Waals surface area contributed by atoms with Gasteiger partial charge in [-0.1, -0.05) is 37.1 Å². The monoisotopic (exact) mass is 389 g/mol. The lowest BCUT2D eigenvalue weighted by molar-refractivity contribution is -0.136. The Morgan fingerprint density at radius 1 is 1.30 bits per heavy atom. The molecule has 0 bridgehead atoms. The molecule has 0 saturated carbocycles. The van der Waals surface area contributed by atoms with Crippen LogP contribution in [-0.2, 0) is 16.1 Å². The molecule has 1 N–H and O–H groups in total. The lowest BCUT2D eigenvalue weighted by Crippen LogP contribution is -2.35. The molecule has 1 aliphatic rings. The highest BCUT2D eigenvalue weighted by Gasteiger charge is 2.23. The summed E-state index contributed by atoms with van der Waals surface area (Å²) in [6.45, 7) is 3.89. The normalized spacial score (nSPS) is 13.6. The summed E-state index contributed by atoms with van der Waals surface area (Å²) in [5.74, 6) is 0.425. The molecule has 0 aliphatic carbocycles. The number of aromatic hydroxyl groups is 1. The molecule has 27 heavy (non-hydrogen) atoms. The first kappa shape index (κ1) is 19.5. The summed E-state index contributed by atoms with van der Waals surface area (Å²) in [6.07, 6.45) is 1.97. The summed E-state index contributed by atoms with van der Waals surface area (Å²) >= 11 is 6.09. The van der Waals surface area contributed by atoms with Gasteiger partial charge in [-0.25, -0.2) is 0 Å². The van der Waals surface area contributed by atoms with E-state index in [1.165, 1.54) is 0 Å². The van der Waals surface area contributed by atoms with E-state index < -0.39 is 0 Å². The predicted octanol–water partition coefficient (Wildman–Crippen LogP) is 4.25. The molecular formula is C21H24ClNO4. The molecule has 0 unspecified atom stereocenters. The van der Waals surface area contributed by atoms with Gasteiger partial charge in [0.1, 0.15) is 13.2 Å². The van der Waals surface area contributed by atoms with Crippen LogP contribution in [0.4, 0.5) is 0 Å². The van der Waals surface area contributed by atoms with Crippen LogP contribution in [0.15, 0.2) is 36.4 Å². The highest BCUT2D eigenvalue weighted by atomic mass is 35.5. The van der Waals surface area contributed by atoms with Gasteiger partial charge in [0, 0.05) is 23.7 Å². The summed E-state index contributed by atoms with van der Waals surface area (Å²) in [5, 5.41) is 11.1. The smallest absolute Gasteiger partial charge is 0.248 e. The number of amides is 1. The van der Waals surface area contributed by atoms with Gasteiger partial charge in [0.2, 0.25) is 5.91 Å². The van der Waals surface area contributed by atoms with Crippen LogP contribution in [0.2, 0.25) is 5.02 Å². The number of rotatable bonds is 6. The molecule has 0 saturated heterocycles. The molecule has 0 atom stereocenters. The van der Waals surface area contributed by atoms with Crippen molar-refractivity contribution in [2.45, 2.75) is 26.3 Å². The van der Waals surface area contributed by atoms with Gasteiger partial charge in [0.05, 0.1) is 6.54 Å². The molecule has 5 nitrogen and oxygen atoms in total. The van der Waals surface area contributed by atoms with E-state index in [-0.39, 0.29) is 18.3 Å². The number of unbranched alkanes of at least 4 members (excludes halogenated alkanes) is 1. The van der Waals surface area contributed by atoms with Crippen molar-refractivity contribution in [3.8, 4) is 22.6 Å². The molecule has 2 aromatic rings. The maximum atomic E-state index is 12.5. The Labute approximate surface area is 164 Å². The van der Waals surface area contributed by atoms with Crippen molar-refractivity contribution in [2.75, 3.05) is 26.4 Å². The Morgan fingerprint density at radius 2 is 2.15 bits per heavy atom. The first-order valence-corrected chi connectivity index (χ1v) is 9.56. The molecule has 3 rings (SSSR count). The van der Waals surface area contributed by atoms with Gasteiger partial charge in [-0.05, 0) is 41.8 Å². The summed E-state index contributed by atoms with van der Waals surface area (Å²) in [4.78, 5) is 14.2. The minimum Gasteiger partial charge on any atom is -0.504 e. The number of phenols is 1. The van der Waals surface area contributed by atoms with Gasteiger partial charge >= 0.3 is 0 Å². The van der Waals surface area contributed by atoms with Crippen LogP contribution in [0.3, 0.4) is 0 Å². The largest absolute Gasteiger partial charge is 0.504 e. The van der Waals surface area contributed by atoms with Crippen LogP contribution in [0, 0.1) is 0 Å². The van der Waals surface area contributed by atoms with Crippen LogP contribution in [0.5, 0.6) is 11.5 Å². The quantitative estimate of drug-likeness (QED) is 0.750. The summed E-state index contributed by atoms with van der Waals surface area (Å²) in [6, 6.07) is 11.0. The van der Waals surface area contributed by atoms with Gasteiger partial charge in [0.25, 0.3) is 0 Å². The predicted molar refractivity (Wildman–Crippen MR) is 105 cm³/mol. The highest BCUT2D eigenvalue weighted by Crippen LogP contribution is 2.38. The summed E-state index contributed by atoms with van der Waals surface area (Å²) < 4.78 is 11.2. The van der Waals surface area contributed by atoms with Crippen LogP contribution >= 0.6 is 11.6 Å². The van der Waals surface area contributed by atoms with Crippen molar-refractivity contribution in [3.63, 3.8) is 0 Å². The fourth-order valence-electron chi connectivity index (χ4n) is 3.04. The van der Waals surface area contributed by atoms with Crippen molar-refractivity contribution in [1.82, 2.24) is 4.90 Å². The van der Waals surface area contributed by atoms with E-state index in [0.29, 0.717) is 37.1 Å². The van der Waals surface area contributed by atoms with Crippen molar-refractivity contribution < 1.29 is 19.4 Å². The maximum Gasteiger partial charge on any atom is 0.248 e.